The highest BCUT2D eigenvalue weighted by Crippen LogP contribution is 2.11. The molecular weight excluding hydrogens is 202 g/mol. The van der Waals surface area contributed by atoms with Crippen LogP contribution in [-0.2, 0) is 4.74 Å². The molecule has 0 unspecified atom stereocenters. The molecular formula is C12H19N3O. The Morgan fingerprint density at radius 2 is 2.12 bits per heavy atom. The van der Waals surface area contributed by atoms with Gasteiger partial charge in [-0.15, -0.1) is 0 Å². The summed E-state index contributed by atoms with van der Waals surface area (Å²) in [6, 6.07) is 7.86. The lowest BCUT2D eigenvalue weighted by Crippen LogP contribution is -2.38. The Kier molecular flexibility index (Phi) is 4.02. The first-order chi connectivity index (χ1) is 7.84. The summed E-state index contributed by atoms with van der Waals surface area (Å²) in [5.41, 5.74) is 7.60. The fraction of sp³-hybridized carbons (Fsp3) is 0.500. The van der Waals surface area contributed by atoms with Crippen molar-refractivity contribution >= 4 is 11.4 Å². The van der Waals surface area contributed by atoms with Gasteiger partial charge in [0.2, 0.25) is 0 Å². The van der Waals surface area contributed by atoms with Gasteiger partial charge in [-0.1, -0.05) is 6.07 Å². The first-order valence-corrected chi connectivity index (χ1v) is 5.74. The predicted molar refractivity (Wildman–Crippen MR) is 66.6 cm³/mol. The van der Waals surface area contributed by atoms with Crippen LogP contribution in [0.25, 0.3) is 0 Å². The number of nitrogens with one attached hydrogen (secondary N) is 1. The number of benzene rings is 1. The zero-order valence-corrected chi connectivity index (χ0v) is 9.48. The molecule has 16 heavy (non-hydrogen) atoms. The standard InChI is InChI=1S/C12H19N3O/c13-11-2-1-3-12(10-11)14-4-5-15-6-8-16-9-7-15/h1-3,10,14H,4-9,13H2. The molecule has 0 atom stereocenters. The van der Waals surface area contributed by atoms with Crippen molar-refractivity contribution in [3.8, 4) is 0 Å². The van der Waals surface area contributed by atoms with Gasteiger partial charge in [0.15, 0.2) is 0 Å². The number of nitrogen functional groups attached to an aromatic ring is 1. The van der Waals surface area contributed by atoms with E-state index in [0.717, 1.165) is 50.8 Å². The van der Waals surface area contributed by atoms with E-state index in [9.17, 15) is 0 Å². The van der Waals surface area contributed by atoms with Crippen LogP contribution in [-0.4, -0.2) is 44.3 Å². The van der Waals surface area contributed by atoms with Crippen molar-refractivity contribution in [2.45, 2.75) is 0 Å². The summed E-state index contributed by atoms with van der Waals surface area (Å²) in [5.74, 6) is 0. The van der Waals surface area contributed by atoms with E-state index < -0.39 is 0 Å². The van der Waals surface area contributed by atoms with E-state index in [-0.39, 0.29) is 0 Å². The van der Waals surface area contributed by atoms with Gasteiger partial charge in [0.25, 0.3) is 0 Å². The smallest absolute Gasteiger partial charge is 0.0594 e. The number of nitrogens with zero attached hydrogens (tertiary/aromatic N) is 1. The highest BCUT2D eigenvalue weighted by atomic mass is 16.5. The molecule has 0 aliphatic carbocycles. The summed E-state index contributed by atoms with van der Waals surface area (Å²) < 4.78 is 5.30. The van der Waals surface area contributed by atoms with Gasteiger partial charge in [-0.25, -0.2) is 0 Å². The predicted octanol–water partition coefficient (Wildman–Crippen LogP) is 1.01. The Morgan fingerprint density at radius 3 is 2.88 bits per heavy atom. The summed E-state index contributed by atoms with van der Waals surface area (Å²) in [7, 11) is 0. The Morgan fingerprint density at radius 1 is 1.31 bits per heavy atom. The number of rotatable bonds is 4. The van der Waals surface area contributed by atoms with Crippen LogP contribution in [0.4, 0.5) is 11.4 Å². The molecule has 1 heterocycles. The van der Waals surface area contributed by atoms with E-state index >= 15 is 0 Å². The molecule has 88 valence electrons. The van der Waals surface area contributed by atoms with Crippen molar-refractivity contribution in [1.82, 2.24) is 4.90 Å². The minimum atomic E-state index is 0.802. The summed E-state index contributed by atoms with van der Waals surface area (Å²) in [5, 5.41) is 3.37. The molecule has 1 aromatic rings. The highest BCUT2D eigenvalue weighted by Gasteiger charge is 2.08. The third-order valence-corrected chi connectivity index (χ3v) is 2.75. The number of hydrogen-bond donors (Lipinski definition) is 2. The fourth-order valence-corrected chi connectivity index (χ4v) is 1.83. The Hall–Kier alpha value is -1.26. The van der Waals surface area contributed by atoms with Crippen molar-refractivity contribution in [3.63, 3.8) is 0 Å². The Labute approximate surface area is 96.4 Å². The number of ether oxygens (including phenoxy) is 1. The zero-order chi connectivity index (χ0) is 11.2. The lowest BCUT2D eigenvalue weighted by Gasteiger charge is -2.26. The lowest BCUT2D eigenvalue weighted by molar-refractivity contribution is 0.0398. The van der Waals surface area contributed by atoms with Crippen molar-refractivity contribution in [1.29, 1.82) is 0 Å². The van der Waals surface area contributed by atoms with Crippen LogP contribution in [0.3, 0.4) is 0 Å². The molecule has 1 aliphatic heterocycles. The zero-order valence-electron chi connectivity index (χ0n) is 9.48. The van der Waals surface area contributed by atoms with Gasteiger partial charge >= 0.3 is 0 Å². The van der Waals surface area contributed by atoms with Gasteiger partial charge in [-0.2, -0.15) is 0 Å². The second-order valence-electron chi connectivity index (χ2n) is 4.01. The number of morpholine rings is 1. The maximum atomic E-state index is 5.71. The topological polar surface area (TPSA) is 50.5 Å². The first kappa shape index (κ1) is 11.2. The van der Waals surface area contributed by atoms with Crippen LogP contribution in [0.2, 0.25) is 0 Å². The molecule has 1 saturated heterocycles. The van der Waals surface area contributed by atoms with Crippen molar-refractivity contribution in [3.05, 3.63) is 24.3 Å². The second-order valence-corrected chi connectivity index (χ2v) is 4.01. The highest BCUT2D eigenvalue weighted by molar-refractivity contribution is 5.53. The Bertz CT molecular complexity index is 324. The average molecular weight is 221 g/mol. The van der Waals surface area contributed by atoms with Crippen LogP contribution >= 0.6 is 0 Å². The van der Waals surface area contributed by atoms with Gasteiger partial charge in [0, 0.05) is 37.6 Å². The van der Waals surface area contributed by atoms with E-state index in [2.05, 4.69) is 10.2 Å². The maximum absolute atomic E-state index is 5.71. The van der Waals surface area contributed by atoms with E-state index in [1.165, 1.54) is 0 Å². The molecule has 0 saturated carbocycles. The summed E-state index contributed by atoms with van der Waals surface area (Å²) in [6.45, 7) is 5.80. The first-order valence-electron chi connectivity index (χ1n) is 5.74. The molecule has 0 bridgehead atoms. The van der Waals surface area contributed by atoms with E-state index in [1.54, 1.807) is 0 Å². The third-order valence-electron chi connectivity index (χ3n) is 2.75. The van der Waals surface area contributed by atoms with Gasteiger partial charge in [0.1, 0.15) is 0 Å². The molecule has 0 spiro atoms. The maximum Gasteiger partial charge on any atom is 0.0594 e. The molecule has 3 N–H and O–H groups in total. The summed E-state index contributed by atoms with van der Waals surface area (Å²) in [4.78, 5) is 2.41. The van der Waals surface area contributed by atoms with Crippen molar-refractivity contribution < 1.29 is 4.74 Å². The monoisotopic (exact) mass is 221 g/mol. The Balaban J connectivity index is 1.71. The van der Waals surface area contributed by atoms with Crippen molar-refractivity contribution in [2.75, 3.05) is 50.4 Å². The minimum Gasteiger partial charge on any atom is -0.399 e. The third kappa shape index (κ3) is 3.40. The van der Waals surface area contributed by atoms with Gasteiger partial charge in [-0.3, -0.25) is 4.90 Å². The molecule has 4 heteroatoms. The molecule has 0 amide bonds. The number of anilines is 2. The quantitative estimate of drug-likeness (QED) is 0.745. The molecule has 0 aromatic heterocycles. The van der Waals surface area contributed by atoms with Crippen molar-refractivity contribution in [2.24, 2.45) is 0 Å². The second kappa shape index (κ2) is 5.72. The fourth-order valence-electron chi connectivity index (χ4n) is 1.83. The summed E-state index contributed by atoms with van der Waals surface area (Å²) in [6.07, 6.45) is 0. The van der Waals surface area contributed by atoms with Gasteiger partial charge in [-0.05, 0) is 18.2 Å². The molecule has 1 aromatic carbocycles. The summed E-state index contributed by atoms with van der Waals surface area (Å²) >= 11 is 0. The lowest BCUT2D eigenvalue weighted by atomic mass is 10.3. The van der Waals surface area contributed by atoms with E-state index in [0.29, 0.717) is 0 Å². The largest absolute Gasteiger partial charge is 0.399 e. The average Bonchev–Trinajstić information content (AvgIpc) is 2.30. The number of hydrogen-bond acceptors (Lipinski definition) is 4. The van der Waals surface area contributed by atoms with Gasteiger partial charge < -0.3 is 15.8 Å². The van der Waals surface area contributed by atoms with Crippen LogP contribution in [0.5, 0.6) is 0 Å². The molecule has 1 fully saturated rings. The molecule has 2 rings (SSSR count). The van der Waals surface area contributed by atoms with Crippen LogP contribution in [0.1, 0.15) is 0 Å². The SMILES string of the molecule is Nc1cccc(NCCN2CCOCC2)c1. The van der Waals surface area contributed by atoms with Gasteiger partial charge in [0.05, 0.1) is 13.2 Å². The molecule has 0 radical (unpaired) electrons. The van der Waals surface area contributed by atoms with E-state index in [4.69, 9.17) is 10.5 Å². The molecule has 1 aliphatic rings. The number of nitrogens with two attached hydrogens (primary N) is 1. The van der Waals surface area contributed by atoms with Crippen LogP contribution in [0, 0.1) is 0 Å². The minimum absolute atomic E-state index is 0.802. The molecule has 4 nitrogen and oxygen atoms in total. The normalized spacial score (nSPS) is 17.2. The van der Waals surface area contributed by atoms with Crippen LogP contribution < -0.4 is 11.1 Å². The van der Waals surface area contributed by atoms with Crippen LogP contribution in [0.15, 0.2) is 24.3 Å². The van der Waals surface area contributed by atoms with E-state index in [1.807, 2.05) is 24.3 Å².